The molecule has 0 atom stereocenters. The molecule has 0 saturated carbocycles. The number of carbonyl (C=O) groups is 2. The maximum absolute atomic E-state index is 12.9. The molecule has 0 aliphatic carbocycles. The maximum Gasteiger partial charge on any atom is 0.269 e. The fourth-order valence-electron chi connectivity index (χ4n) is 2.52. The molecule has 2 N–H and O–H groups in total. The van der Waals surface area contributed by atoms with Crippen LogP contribution in [0, 0.1) is 19.7 Å². The lowest BCUT2D eigenvalue weighted by Crippen LogP contribution is -2.42. The number of aryl methyl sites for hydroxylation is 2. The van der Waals surface area contributed by atoms with Gasteiger partial charge in [0.05, 0.1) is 11.4 Å². The largest absolute Gasteiger partial charge is 0.272 e. The molecule has 1 aromatic heterocycles. The maximum atomic E-state index is 12.9. The second-order valence-electron chi connectivity index (χ2n) is 5.91. The van der Waals surface area contributed by atoms with E-state index in [1.807, 2.05) is 32.0 Å². The minimum Gasteiger partial charge on any atom is -0.272 e. The summed E-state index contributed by atoms with van der Waals surface area (Å²) >= 11 is 1.14. The number of nitrogens with zero attached hydrogens (tertiary/aromatic N) is 4. The van der Waals surface area contributed by atoms with E-state index in [0.29, 0.717) is 5.16 Å². The fraction of sp³-hybridized carbons (Fsp3) is 0.167. The van der Waals surface area contributed by atoms with Crippen molar-refractivity contribution in [3.8, 4) is 5.69 Å². The van der Waals surface area contributed by atoms with Crippen LogP contribution in [0.2, 0.25) is 0 Å². The predicted molar refractivity (Wildman–Crippen MR) is 101 cm³/mol. The van der Waals surface area contributed by atoms with E-state index < -0.39 is 17.6 Å². The molecule has 0 unspecified atom stereocenters. The first-order valence-corrected chi connectivity index (χ1v) is 9.27. The highest BCUT2D eigenvalue weighted by atomic mass is 32.2. The summed E-state index contributed by atoms with van der Waals surface area (Å²) in [5.41, 5.74) is 7.69. The molecule has 0 aliphatic heterocycles. The molecule has 0 bridgehead atoms. The van der Waals surface area contributed by atoms with E-state index in [9.17, 15) is 14.0 Å². The Morgan fingerprint density at radius 3 is 2.43 bits per heavy atom. The molecule has 28 heavy (non-hydrogen) atoms. The first-order valence-electron chi connectivity index (χ1n) is 8.28. The third-order valence-corrected chi connectivity index (χ3v) is 4.77. The van der Waals surface area contributed by atoms with Crippen LogP contribution in [0.15, 0.2) is 47.6 Å². The van der Waals surface area contributed by atoms with E-state index in [2.05, 4.69) is 26.4 Å². The Morgan fingerprint density at radius 1 is 1.07 bits per heavy atom. The SMILES string of the molecule is Cc1cccc(C)c1-n1nnnc1SCC(=O)NNC(=O)c1ccc(F)cc1. The lowest BCUT2D eigenvalue weighted by molar-refractivity contribution is -0.119. The molecule has 2 aromatic carbocycles. The predicted octanol–water partition coefficient (Wildman–Crippen LogP) is 1.97. The van der Waals surface area contributed by atoms with Gasteiger partial charge < -0.3 is 0 Å². The van der Waals surface area contributed by atoms with Gasteiger partial charge in [-0.2, -0.15) is 4.68 Å². The van der Waals surface area contributed by atoms with Gasteiger partial charge in [0.15, 0.2) is 0 Å². The van der Waals surface area contributed by atoms with E-state index in [1.54, 1.807) is 4.68 Å². The van der Waals surface area contributed by atoms with E-state index in [-0.39, 0.29) is 11.3 Å². The molecule has 144 valence electrons. The Labute approximate surface area is 164 Å². The van der Waals surface area contributed by atoms with Crippen LogP contribution < -0.4 is 10.9 Å². The Kier molecular flexibility index (Phi) is 5.99. The number of para-hydroxylation sites is 1. The van der Waals surface area contributed by atoms with Crippen LogP contribution in [0.3, 0.4) is 0 Å². The molecule has 0 spiro atoms. The van der Waals surface area contributed by atoms with Gasteiger partial charge in [0.2, 0.25) is 11.1 Å². The van der Waals surface area contributed by atoms with Gasteiger partial charge in [-0.15, -0.1) is 5.10 Å². The zero-order valence-electron chi connectivity index (χ0n) is 15.1. The number of amides is 2. The average Bonchev–Trinajstić information content (AvgIpc) is 3.13. The van der Waals surface area contributed by atoms with Crippen molar-refractivity contribution in [2.75, 3.05) is 5.75 Å². The van der Waals surface area contributed by atoms with Crippen molar-refractivity contribution in [3.63, 3.8) is 0 Å². The van der Waals surface area contributed by atoms with Crippen LogP contribution in [-0.4, -0.2) is 37.8 Å². The van der Waals surface area contributed by atoms with Crippen LogP contribution in [0.25, 0.3) is 5.69 Å². The first-order chi connectivity index (χ1) is 13.5. The number of aromatic nitrogens is 4. The highest BCUT2D eigenvalue weighted by Gasteiger charge is 2.15. The van der Waals surface area contributed by atoms with E-state index in [1.165, 1.54) is 24.3 Å². The number of hydrogen-bond acceptors (Lipinski definition) is 6. The van der Waals surface area contributed by atoms with Gasteiger partial charge in [-0.1, -0.05) is 30.0 Å². The minimum atomic E-state index is -0.543. The molecule has 0 aliphatic rings. The molecule has 10 heteroatoms. The van der Waals surface area contributed by atoms with Gasteiger partial charge in [0, 0.05) is 5.56 Å². The summed E-state index contributed by atoms with van der Waals surface area (Å²) in [5.74, 6) is -1.43. The number of thioether (sulfide) groups is 1. The van der Waals surface area contributed by atoms with Crippen LogP contribution in [0.1, 0.15) is 21.5 Å². The van der Waals surface area contributed by atoms with E-state index in [4.69, 9.17) is 0 Å². The second kappa shape index (κ2) is 8.61. The smallest absolute Gasteiger partial charge is 0.269 e. The molecular formula is C18H17FN6O2S. The van der Waals surface area contributed by atoms with Gasteiger partial charge >= 0.3 is 0 Å². The lowest BCUT2D eigenvalue weighted by atomic mass is 10.1. The summed E-state index contributed by atoms with van der Waals surface area (Å²) in [6.07, 6.45) is 0. The zero-order chi connectivity index (χ0) is 20.1. The average molecular weight is 400 g/mol. The minimum absolute atomic E-state index is 0.00496. The van der Waals surface area contributed by atoms with Crippen LogP contribution in [0.5, 0.6) is 0 Å². The van der Waals surface area contributed by atoms with Crippen molar-refractivity contribution in [2.24, 2.45) is 0 Å². The molecule has 8 nitrogen and oxygen atoms in total. The van der Waals surface area contributed by atoms with Gasteiger partial charge in [-0.3, -0.25) is 20.4 Å². The van der Waals surface area contributed by atoms with E-state index >= 15 is 0 Å². The molecule has 3 aromatic rings. The Bertz CT molecular complexity index is 985. The number of rotatable bonds is 5. The van der Waals surface area contributed by atoms with Crippen molar-refractivity contribution in [2.45, 2.75) is 19.0 Å². The molecule has 3 rings (SSSR count). The van der Waals surface area contributed by atoms with Crippen LogP contribution in [-0.2, 0) is 4.79 Å². The second-order valence-corrected chi connectivity index (χ2v) is 6.85. The monoisotopic (exact) mass is 400 g/mol. The molecule has 0 radical (unpaired) electrons. The molecule has 1 heterocycles. The summed E-state index contributed by atoms with van der Waals surface area (Å²) in [6, 6.07) is 10.8. The lowest BCUT2D eigenvalue weighted by Gasteiger charge is -2.10. The normalized spacial score (nSPS) is 10.5. The van der Waals surface area contributed by atoms with Crippen LogP contribution in [0.4, 0.5) is 4.39 Å². The van der Waals surface area contributed by atoms with Gasteiger partial charge in [0.25, 0.3) is 5.91 Å². The summed E-state index contributed by atoms with van der Waals surface area (Å²) < 4.78 is 14.5. The molecule has 0 saturated heterocycles. The van der Waals surface area contributed by atoms with Crippen molar-refractivity contribution < 1.29 is 14.0 Å². The third-order valence-electron chi connectivity index (χ3n) is 3.85. The van der Waals surface area contributed by atoms with Gasteiger partial charge in [-0.25, -0.2) is 4.39 Å². The first kappa shape index (κ1) is 19.5. The van der Waals surface area contributed by atoms with Crippen molar-refractivity contribution in [1.82, 2.24) is 31.1 Å². The highest BCUT2D eigenvalue weighted by Crippen LogP contribution is 2.23. The number of tetrazole rings is 1. The topological polar surface area (TPSA) is 102 Å². The standard InChI is InChI=1S/C18H17FN6O2S/c1-11-4-3-5-12(2)16(11)25-18(22-23-24-25)28-10-15(26)20-21-17(27)13-6-8-14(19)9-7-13/h3-9H,10H2,1-2H3,(H,20,26)(H,21,27). The Morgan fingerprint density at radius 2 is 1.75 bits per heavy atom. The summed E-state index contributed by atoms with van der Waals surface area (Å²) in [6.45, 7) is 3.91. The van der Waals surface area contributed by atoms with E-state index in [0.717, 1.165) is 28.6 Å². The van der Waals surface area contributed by atoms with Crippen molar-refractivity contribution in [3.05, 3.63) is 65.0 Å². The molecule has 0 fully saturated rings. The number of carbonyl (C=O) groups excluding carboxylic acids is 2. The Hall–Kier alpha value is -3.27. The molecule has 2 amide bonds. The van der Waals surface area contributed by atoms with Gasteiger partial charge in [-0.05, 0) is 59.7 Å². The number of hydrazine groups is 1. The number of hydrogen-bond donors (Lipinski definition) is 2. The highest BCUT2D eigenvalue weighted by molar-refractivity contribution is 7.99. The quantitative estimate of drug-likeness (QED) is 0.502. The number of halogens is 1. The summed E-state index contributed by atoms with van der Waals surface area (Å²) in [7, 11) is 0. The summed E-state index contributed by atoms with van der Waals surface area (Å²) in [5, 5.41) is 12.1. The Balaban J connectivity index is 1.58. The molecular weight excluding hydrogens is 383 g/mol. The zero-order valence-corrected chi connectivity index (χ0v) is 16.0. The van der Waals surface area contributed by atoms with Crippen molar-refractivity contribution >= 4 is 23.6 Å². The van der Waals surface area contributed by atoms with Gasteiger partial charge in [0.1, 0.15) is 5.82 Å². The van der Waals surface area contributed by atoms with Crippen molar-refractivity contribution in [1.29, 1.82) is 0 Å². The number of benzene rings is 2. The number of nitrogens with one attached hydrogen (secondary N) is 2. The van der Waals surface area contributed by atoms with Crippen LogP contribution >= 0.6 is 11.8 Å². The third kappa shape index (κ3) is 4.52. The summed E-state index contributed by atoms with van der Waals surface area (Å²) in [4.78, 5) is 23.9. The fourth-order valence-corrected chi connectivity index (χ4v) is 3.19.